The molecule has 7 heteroatoms. The van der Waals surface area contributed by atoms with E-state index < -0.39 is 0 Å². The molecule has 3 aromatic heterocycles. The van der Waals surface area contributed by atoms with Gasteiger partial charge in [0.05, 0.1) is 0 Å². The van der Waals surface area contributed by atoms with Gasteiger partial charge in [-0.2, -0.15) is 4.98 Å². The van der Waals surface area contributed by atoms with Crippen LogP contribution in [0.4, 0.5) is 5.82 Å². The fourth-order valence-electron chi connectivity index (χ4n) is 2.36. The van der Waals surface area contributed by atoms with Crippen molar-refractivity contribution in [1.29, 1.82) is 0 Å². The van der Waals surface area contributed by atoms with Gasteiger partial charge in [0.25, 0.3) is 0 Å². The zero-order chi connectivity index (χ0) is 17.8. The third-order valence-electron chi connectivity index (χ3n) is 3.80. The minimum Gasteiger partial charge on any atom is -0.359 e. The van der Waals surface area contributed by atoms with E-state index in [1.165, 1.54) is 0 Å². The number of rotatable bonds is 6. The van der Waals surface area contributed by atoms with Crippen LogP contribution in [0.2, 0.25) is 0 Å². The molecular weight excluding hydrogens is 316 g/mol. The summed E-state index contributed by atoms with van der Waals surface area (Å²) in [6.45, 7) is 6.77. The Kier molecular flexibility index (Phi) is 5.02. The Labute approximate surface area is 147 Å². The molecule has 0 N–H and O–H groups in total. The number of anilines is 1. The maximum Gasteiger partial charge on any atom is 0.229 e. The van der Waals surface area contributed by atoms with Crippen molar-refractivity contribution in [2.75, 3.05) is 18.5 Å². The molecule has 0 fully saturated rings. The van der Waals surface area contributed by atoms with E-state index in [-0.39, 0.29) is 5.92 Å². The van der Waals surface area contributed by atoms with E-state index in [1.807, 2.05) is 46.0 Å². The molecule has 0 saturated heterocycles. The van der Waals surface area contributed by atoms with Crippen LogP contribution in [-0.2, 0) is 6.42 Å². The third-order valence-corrected chi connectivity index (χ3v) is 3.80. The largest absolute Gasteiger partial charge is 0.359 e. The summed E-state index contributed by atoms with van der Waals surface area (Å²) in [7, 11) is 2.00. The van der Waals surface area contributed by atoms with Crippen LogP contribution in [0.5, 0.6) is 0 Å². The maximum atomic E-state index is 5.25. The summed E-state index contributed by atoms with van der Waals surface area (Å²) in [5.74, 6) is 3.17. The second-order valence-electron chi connectivity index (χ2n) is 6.31. The molecule has 130 valence electrons. The lowest BCUT2D eigenvalue weighted by molar-refractivity contribution is 0.360. The Morgan fingerprint density at radius 1 is 1.20 bits per heavy atom. The number of aromatic nitrogens is 5. The molecule has 0 aromatic carbocycles. The lowest BCUT2D eigenvalue weighted by Crippen LogP contribution is -2.22. The molecule has 0 amide bonds. The minimum absolute atomic E-state index is 0.241. The zero-order valence-electron chi connectivity index (χ0n) is 15.0. The first kappa shape index (κ1) is 17.0. The molecule has 0 aliphatic rings. The van der Waals surface area contributed by atoms with Crippen molar-refractivity contribution in [3.8, 4) is 11.4 Å². The van der Waals surface area contributed by atoms with Gasteiger partial charge >= 0.3 is 0 Å². The number of nitrogens with zero attached hydrogens (tertiary/aromatic N) is 6. The van der Waals surface area contributed by atoms with Gasteiger partial charge in [-0.25, -0.2) is 9.97 Å². The molecule has 3 rings (SSSR count). The maximum absolute atomic E-state index is 5.25. The predicted octanol–water partition coefficient (Wildman–Crippen LogP) is 3.03. The zero-order valence-corrected chi connectivity index (χ0v) is 15.0. The van der Waals surface area contributed by atoms with Gasteiger partial charge in [0.2, 0.25) is 5.89 Å². The smallest absolute Gasteiger partial charge is 0.229 e. The summed E-state index contributed by atoms with van der Waals surface area (Å²) in [5, 5.41) is 4.03. The van der Waals surface area contributed by atoms with Crippen LogP contribution in [0.15, 0.2) is 35.1 Å². The highest BCUT2D eigenvalue weighted by Crippen LogP contribution is 2.19. The highest BCUT2D eigenvalue weighted by molar-refractivity contribution is 5.56. The second-order valence-corrected chi connectivity index (χ2v) is 6.31. The van der Waals surface area contributed by atoms with Crippen LogP contribution < -0.4 is 4.90 Å². The van der Waals surface area contributed by atoms with E-state index in [9.17, 15) is 0 Å². The monoisotopic (exact) mass is 338 g/mol. The van der Waals surface area contributed by atoms with E-state index in [0.29, 0.717) is 24.0 Å². The van der Waals surface area contributed by atoms with E-state index >= 15 is 0 Å². The van der Waals surface area contributed by atoms with Gasteiger partial charge in [-0.15, -0.1) is 0 Å². The average Bonchev–Trinajstić information content (AvgIpc) is 3.09. The Morgan fingerprint density at radius 3 is 2.72 bits per heavy atom. The Bertz CT molecular complexity index is 831. The first-order chi connectivity index (χ1) is 12.0. The van der Waals surface area contributed by atoms with Gasteiger partial charge in [-0.1, -0.05) is 19.0 Å². The molecular formula is C18H22N6O. The summed E-state index contributed by atoms with van der Waals surface area (Å²) in [6.07, 6.45) is 4.20. The van der Waals surface area contributed by atoms with Crippen LogP contribution in [0.3, 0.4) is 0 Å². The highest BCUT2D eigenvalue weighted by Gasteiger charge is 2.12. The molecule has 25 heavy (non-hydrogen) atoms. The minimum atomic E-state index is 0.241. The molecule has 3 heterocycles. The van der Waals surface area contributed by atoms with Gasteiger partial charge in [0.15, 0.2) is 11.6 Å². The fourth-order valence-corrected chi connectivity index (χ4v) is 2.36. The van der Waals surface area contributed by atoms with Crippen molar-refractivity contribution in [2.45, 2.75) is 33.1 Å². The van der Waals surface area contributed by atoms with Crippen molar-refractivity contribution in [1.82, 2.24) is 25.1 Å². The van der Waals surface area contributed by atoms with Gasteiger partial charge in [0, 0.05) is 55.6 Å². The lowest BCUT2D eigenvalue weighted by atomic mass is 10.2. The first-order valence-electron chi connectivity index (χ1n) is 8.32. The van der Waals surface area contributed by atoms with E-state index in [0.717, 1.165) is 23.6 Å². The summed E-state index contributed by atoms with van der Waals surface area (Å²) in [5.41, 5.74) is 1.82. The van der Waals surface area contributed by atoms with Gasteiger partial charge in [0.1, 0.15) is 5.82 Å². The number of likely N-dealkylation sites (N-methyl/N-ethyl adjacent to an activating group) is 1. The summed E-state index contributed by atoms with van der Waals surface area (Å²) in [6, 6.07) is 5.81. The first-order valence-corrected chi connectivity index (χ1v) is 8.32. The van der Waals surface area contributed by atoms with Crippen molar-refractivity contribution in [2.24, 2.45) is 0 Å². The highest BCUT2D eigenvalue weighted by atomic mass is 16.5. The standard InChI is InChI=1S/C18H22N6O/c1-12(2)18-21-15(23-25-18)7-9-24(4)16-10-13(3)20-17(22-16)14-6-5-8-19-11-14/h5-6,8,10-12H,7,9H2,1-4H3. The van der Waals surface area contributed by atoms with E-state index in [2.05, 4.69) is 30.0 Å². The molecule has 0 unspecified atom stereocenters. The lowest BCUT2D eigenvalue weighted by Gasteiger charge is -2.18. The predicted molar refractivity (Wildman–Crippen MR) is 95.4 cm³/mol. The molecule has 0 aliphatic heterocycles. The third kappa shape index (κ3) is 4.17. The summed E-state index contributed by atoms with van der Waals surface area (Å²) in [4.78, 5) is 19.8. The SMILES string of the molecule is Cc1cc(N(C)CCc2noc(C(C)C)n2)nc(-c2cccnc2)n1. The van der Waals surface area contributed by atoms with Gasteiger partial charge in [-0.3, -0.25) is 4.98 Å². The molecule has 7 nitrogen and oxygen atoms in total. The molecule has 3 aromatic rings. The van der Waals surface area contributed by atoms with E-state index in [4.69, 9.17) is 4.52 Å². The fraction of sp³-hybridized carbons (Fsp3) is 0.389. The number of pyridine rings is 1. The topological polar surface area (TPSA) is 80.8 Å². The number of hydrogen-bond donors (Lipinski definition) is 0. The number of hydrogen-bond acceptors (Lipinski definition) is 7. The van der Waals surface area contributed by atoms with Crippen molar-refractivity contribution in [3.63, 3.8) is 0 Å². The van der Waals surface area contributed by atoms with E-state index in [1.54, 1.807) is 12.4 Å². The van der Waals surface area contributed by atoms with Crippen molar-refractivity contribution >= 4 is 5.82 Å². The molecule has 0 bridgehead atoms. The van der Waals surface area contributed by atoms with Crippen molar-refractivity contribution < 1.29 is 4.52 Å². The van der Waals surface area contributed by atoms with Crippen LogP contribution in [0.1, 0.15) is 37.2 Å². The number of aryl methyl sites for hydroxylation is 1. The molecule has 0 atom stereocenters. The normalized spacial score (nSPS) is 11.1. The Balaban J connectivity index is 1.73. The van der Waals surface area contributed by atoms with Crippen LogP contribution in [0, 0.1) is 6.92 Å². The summed E-state index contributed by atoms with van der Waals surface area (Å²) >= 11 is 0. The van der Waals surface area contributed by atoms with Crippen molar-refractivity contribution in [3.05, 3.63) is 48.0 Å². The molecule has 0 aliphatic carbocycles. The average molecular weight is 338 g/mol. The van der Waals surface area contributed by atoms with Gasteiger partial charge < -0.3 is 9.42 Å². The molecule has 0 saturated carbocycles. The Morgan fingerprint density at radius 2 is 2.04 bits per heavy atom. The molecule has 0 spiro atoms. The van der Waals surface area contributed by atoms with Crippen LogP contribution in [-0.4, -0.2) is 38.7 Å². The second kappa shape index (κ2) is 7.38. The van der Waals surface area contributed by atoms with Crippen LogP contribution >= 0.6 is 0 Å². The summed E-state index contributed by atoms with van der Waals surface area (Å²) < 4.78 is 5.25. The quantitative estimate of drug-likeness (QED) is 0.683. The molecule has 0 radical (unpaired) electrons. The van der Waals surface area contributed by atoms with Gasteiger partial charge in [-0.05, 0) is 19.1 Å². The van der Waals surface area contributed by atoms with Crippen LogP contribution in [0.25, 0.3) is 11.4 Å². The Hall–Kier alpha value is -2.83.